The first-order valence-corrected chi connectivity index (χ1v) is 6.71. The van der Waals surface area contributed by atoms with Gasteiger partial charge in [-0.05, 0) is 44.8 Å². The molecule has 0 amide bonds. The molecule has 1 aromatic rings. The predicted octanol–water partition coefficient (Wildman–Crippen LogP) is 1.98. The second-order valence-corrected chi connectivity index (χ2v) is 5.27. The summed E-state index contributed by atoms with van der Waals surface area (Å²) in [5.41, 5.74) is 5.58. The van der Waals surface area contributed by atoms with Gasteiger partial charge < -0.3 is 10.6 Å². The van der Waals surface area contributed by atoms with Crippen molar-refractivity contribution in [2.45, 2.75) is 38.6 Å². The number of anilines is 1. The summed E-state index contributed by atoms with van der Waals surface area (Å²) in [6.07, 6.45) is 8.83. The monoisotopic (exact) mass is 236 g/mol. The Morgan fingerprint density at radius 3 is 2.88 bits per heavy atom. The highest BCUT2D eigenvalue weighted by Gasteiger charge is 2.16. The summed E-state index contributed by atoms with van der Waals surface area (Å²) < 4.78 is 1.93. The largest absolute Gasteiger partial charge is 0.382 e. The average Bonchev–Trinajstić information content (AvgIpc) is 2.90. The summed E-state index contributed by atoms with van der Waals surface area (Å²) in [6.45, 7) is 3.38. The van der Waals surface area contributed by atoms with Crippen LogP contribution in [0.4, 0.5) is 5.82 Å². The lowest BCUT2D eigenvalue weighted by Gasteiger charge is -2.20. The van der Waals surface area contributed by atoms with Crippen LogP contribution in [0.5, 0.6) is 0 Å². The number of nitrogen functional groups attached to an aromatic ring is 1. The predicted molar refractivity (Wildman–Crippen MR) is 70.7 cm³/mol. The Bertz CT molecular complexity index is 328. The number of aromatic nitrogens is 2. The number of aryl methyl sites for hydroxylation is 1. The third-order valence-corrected chi connectivity index (χ3v) is 3.63. The average molecular weight is 236 g/mol. The summed E-state index contributed by atoms with van der Waals surface area (Å²) in [4.78, 5) is 2.46. The van der Waals surface area contributed by atoms with Crippen LogP contribution in [0, 0.1) is 5.92 Å². The van der Waals surface area contributed by atoms with Crippen LogP contribution in [-0.2, 0) is 6.54 Å². The van der Waals surface area contributed by atoms with Gasteiger partial charge in [0.25, 0.3) is 0 Å². The molecule has 0 spiro atoms. The van der Waals surface area contributed by atoms with Crippen molar-refractivity contribution in [2.24, 2.45) is 5.92 Å². The molecule has 1 fully saturated rings. The van der Waals surface area contributed by atoms with E-state index in [-0.39, 0.29) is 0 Å². The van der Waals surface area contributed by atoms with Crippen LogP contribution >= 0.6 is 0 Å². The fourth-order valence-electron chi connectivity index (χ4n) is 2.73. The maximum Gasteiger partial charge on any atom is 0.145 e. The Hall–Kier alpha value is -1.03. The van der Waals surface area contributed by atoms with Crippen LogP contribution in [0.25, 0.3) is 0 Å². The van der Waals surface area contributed by atoms with Crippen molar-refractivity contribution in [3.63, 3.8) is 0 Å². The van der Waals surface area contributed by atoms with Gasteiger partial charge in [-0.15, -0.1) is 0 Å². The minimum absolute atomic E-state index is 0.615. The van der Waals surface area contributed by atoms with E-state index in [0.717, 1.165) is 25.4 Å². The number of hydrogen-bond donors (Lipinski definition) is 1. The van der Waals surface area contributed by atoms with E-state index in [9.17, 15) is 0 Å². The second-order valence-electron chi connectivity index (χ2n) is 5.27. The topological polar surface area (TPSA) is 47.1 Å². The molecule has 0 aliphatic heterocycles. The van der Waals surface area contributed by atoms with Gasteiger partial charge >= 0.3 is 0 Å². The van der Waals surface area contributed by atoms with Gasteiger partial charge in [0.1, 0.15) is 5.82 Å². The van der Waals surface area contributed by atoms with Crippen LogP contribution in [0.15, 0.2) is 12.3 Å². The maximum absolute atomic E-state index is 5.58. The molecule has 2 rings (SSSR count). The summed E-state index contributed by atoms with van der Waals surface area (Å²) in [7, 11) is 2.23. The van der Waals surface area contributed by atoms with Gasteiger partial charge in [0.2, 0.25) is 0 Å². The van der Waals surface area contributed by atoms with Crippen LogP contribution in [0.1, 0.15) is 32.1 Å². The molecule has 1 aliphatic rings. The molecule has 0 atom stereocenters. The zero-order chi connectivity index (χ0) is 12.1. The zero-order valence-corrected chi connectivity index (χ0v) is 10.8. The molecule has 1 aliphatic carbocycles. The molecular formula is C13H24N4. The first-order valence-electron chi connectivity index (χ1n) is 6.71. The van der Waals surface area contributed by atoms with E-state index in [2.05, 4.69) is 17.0 Å². The van der Waals surface area contributed by atoms with Crippen molar-refractivity contribution in [1.82, 2.24) is 14.7 Å². The summed E-state index contributed by atoms with van der Waals surface area (Å²) >= 11 is 0. The van der Waals surface area contributed by atoms with Gasteiger partial charge in [-0.2, -0.15) is 5.10 Å². The quantitative estimate of drug-likeness (QED) is 0.821. The number of nitrogens with zero attached hydrogens (tertiary/aromatic N) is 3. The van der Waals surface area contributed by atoms with E-state index in [1.807, 2.05) is 16.9 Å². The highest BCUT2D eigenvalue weighted by molar-refractivity contribution is 5.23. The first kappa shape index (κ1) is 12.4. The van der Waals surface area contributed by atoms with Crippen LogP contribution in [0.2, 0.25) is 0 Å². The molecular weight excluding hydrogens is 212 g/mol. The van der Waals surface area contributed by atoms with E-state index in [1.54, 1.807) is 0 Å². The third kappa shape index (κ3) is 4.04. The molecule has 96 valence electrons. The smallest absolute Gasteiger partial charge is 0.145 e. The lowest BCUT2D eigenvalue weighted by Crippen LogP contribution is -2.26. The molecule has 17 heavy (non-hydrogen) atoms. The Labute approximate surface area is 104 Å². The first-order chi connectivity index (χ1) is 8.24. The number of nitrogens with two attached hydrogens (primary N) is 1. The van der Waals surface area contributed by atoms with E-state index in [4.69, 9.17) is 5.73 Å². The highest BCUT2D eigenvalue weighted by atomic mass is 15.3. The molecule has 1 heterocycles. The van der Waals surface area contributed by atoms with Gasteiger partial charge in [-0.3, -0.25) is 4.68 Å². The van der Waals surface area contributed by atoms with Crippen LogP contribution < -0.4 is 5.73 Å². The van der Waals surface area contributed by atoms with E-state index in [0.29, 0.717) is 5.82 Å². The normalized spacial score (nSPS) is 17.1. The molecule has 4 nitrogen and oxygen atoms in total. The second kappa shape index (κ2) is 6.05. The van der Waals surface area contributed by atoms with Crippen molar-refractivity contribution in [3.05, 3.63) is 12.3 Å². The molecule has 0 unspecified atom stereocenters. The Kier molecular flexibility index (Phi) is 4.42. The van der Waals surface area contributed by atoms with Gasteiger partial charge in [0, 0.05) is 19.3 Å². The van der Waals surface area contributed by atoms with Crippen molar-refractivity contribution in [2.75, 3.05) is 25.9 Å². The van der Waals surface area contributed by atoms with E-state index in [1.165, 1.54) is 32.2 Å². The van der Waals surface area contributed by atoms with Crippen molar-refractivity contribution in [3.8, 4) is 0 Å². The van der Waals surface area contributed by atoms with Crippen molar-refractivity contribution in [1.29, 1.82) is 0 Å². The van der Waals surface area contributed by atoms with Gasteiger partial charge in [-0.1, -0.05) is 12.8 Å². The summed E-state index contributed by atoms with van der Waals surface area (Å²) in [5, 5.41) is 4.19. The Morgan fingerprint density at radius 1 is 1.47 bits per heavy atom. The van der Waals surface area contributed by atoms with Crippen molar-refractivity contribution >= 4 is 5.82 Å². The molecule has 1 saturated carbocycles. The molecule has 0 bridgehead atoms. The van der Waals surface area contributed by atoms with E-state index < -0.39 is 0 Å². The van der Waals surface area contributed by atoms with E-state index >= 15 is 0 Å². The molecule has 0 saturated heterocycles. The zero-order valence-electron chi connectivity index (χ0n) is 10.8. The Balaban J connectivity index is 1.60. The third-order valence-electron chi connectivity index (χ3n) is 3.63. The van der Waals surface area contributed by atoms with Gasteiger partial charge in [-0.25, -0.2) is 0 Å². The lowest BCUT2D eigenvalue weighted by atomic mass is 10.1. The minimum atomic E-state index is 0.615. The maximum atomic E-state index is 5.58. The van der Waals surface area contributed by atoms with Crippen LogP contribution in [0.3, 0.4) is 0 Å². The number of hydrogen-bond acceptors (Lipinski definition) is 3. The molecule has 2 N–H and O–H groups in total. The molecule has 0 aromatic carbocycles. The minimum Gasteiger partial charge on any atom is -0.382 e. The summed E-state index contributed by atoms with van der Waals surface area (Å²) in [6, 6.07) is 1.85. The molecule has 4 heteroatoms. The van der Waals surface area contributed by atoms with Crippen LogP contribution in [-0.4, -0.2) is 34.8 Å². The fraction of sp³-hybridized carbons (Fsp3) is 0.769. The standard InChI is InChI=1S/C13H24N4/c1-16(11-12-5-2-3-6-12)8-4-9-17-10-7-13(14)15-17/h7,10,12H,2-6,8-9,11H2,1H3,(H2,14,15). The number of rotatable bonds is 6. The van der Waals surface area contributed by atoms with Gasteiger partial charge in [0.05, 0.1) is 0 Å². The summed E-state index contributed by atoms with van der Waals surface area (Å²) in [5.74, 6) is 1.56. The molecule has 0 radical (unpaired) electrons. The SMILES string of the molecule is CN(CCCn1ccc(N)n1)CC1CCCC1. The fourth-order valence-corrected chi connectivity index (χ4v) is 2.73. The Morgan fingerprint density at radius 2 is 2.24 bits per heavy atom. The lowest BCUT2D eigenvalue weighted by molar-refractivity contribution is 0.269. The molecule has 1 aromatic heterocycles. The highest BCUT2D eigenvalue weighted by Crippen LogP contribution is 2.25. The van der Waals surface area contributed by atoms with Crippen molar-refractivity contribution < 1.29 is 0 Å². The van der Waals surface area contributed by atoms with Gasteiger partial charge in [0.15, 0.2) is 0 Å².